The van der Waals surface area contributed by atoms with Crippen LogP contribution in [0.15, 0.2) is 53.6 Å². The molecule has 4 atom stereocenters. The first-order chi connectivity index (χ1) is 10.6. The van der Waals surface area contributed by atoms with Gasteiger partial charge in [-0.05, 0) is 24.6 Å². The highest BCUT2D eigenvalue weighted by Crippen LogP contribution is 2.41. The maximum Gasteiger partial charge on any atom is 0.411 e. The Morgan fingerprint density at radius 3 is 2.91 bits per heavy atom. The molecule has 0 spiro atoms. The molecule has 1 fully saturated rings. The van der Waals surface area contributed by atoms with E-state index in [1.807, 2.05) is 54.2 Å². The summed E-state index contributed by atoms with van der Waals surface area (Å²) in [6.07, 6.45) is 6.32. The Bertz CT molecular complexity index is 602. The number of fused-ring (bicyclic) bond motifs is 1. The minimum Gasteiger partial charge on any atom is -0.445 e. The number of ether oxygens (including phenoxy) is 1. The maximum absolute atomic E-state index is 12.1. The van der Waals surface area contributed by atoms with Crippen LogP contribution in [0.4, 0.5) is 10.5 Å². The summed E-state index contributed by atoms with van der Waals surface area (Å²) in [5.41, 5.74) is 0.736. The first kappa shape index (κ1) is 15.5. The molecular weight excluding hydrogens is 318 g/mol. The fourth-order valence-corrected chi connectivity index (χ4v) is 4.51. The number of allylic oxidation sites excluding steroid dienone is 2. The maximum atomic E-state index is 12.1. The highest BCUT2D eigenvalue weighted by atomic mass is 35.5. The van der Waals surface area contributed by atoms with Gasteiger partial charge < -0.3 is 4.74 Å². The zero-order valence-electron chi connectivity index (χ0n) is 12.2. The van der Waals surface area contributed by atoms with E-state index < -0.39 is 6.09 Å². The first-order valence-electron chi connectivity index (χ1n) is 7.35. The Morgan fingerprint density at radius 2 is 2.14 bits per heavy atom. The van der Waals surface area contributed by atoms with E-state index in [-0.39, 0.29) is 12.0 Å². The lowest BCUT2D eigenvalue weighted by atomic mass is 9.90. The second-order valence-corrected chi connectivity index (χ2v) is 7.63. The molecule has 2 aliphatic rings. The van der Waals surface area contributed by atoms with Crippen LogP contribution in [-0.2, 0) is 4.74 Å². The Morgan fingerprint density at radius 1 is 1.36 bits per heavy atom. The van der Waals surface area contributed by atoms with Gasteiger partial charge in [0.15, 0.2) is 0 Å². The van der Waals surface area contributed by atoms with E-state index in [2.05, 4.69) is 18.3 Å². The minimum absolute atomic E-state index is 0.139. The van der Waals surface area contributed by atoms with Gasteiger partial charge in [-0.15, -0.1) is 0 Å². The van der Waals surface area contributed by atoms with Crippen molar-refractivity contribution in [3.05, 3.63) is 53.6 Å². The van der Waals surface area contributed by atoms with Crippen molar-refractivity contribution in [1.29, 1.82) is 0 Å². The summed E-state index contributed by atoms with van der Waals surface area (Å²) >= 11 is 8.02. The van der Waals surface area contributed by atoms with Gasteiger partial charge in [0.1, 0.15) is 6.10 Å². The highest BCUT2D eigenvalue weighted by molar-refractivity contribution is 8.00. The van der Waals surface area contributed by atoms with Crippen LogP contribution >= 0.6 is 23.4 Å². The molecule has 22 heavy (non-hydrogen) atoms. The van der Waals surface area contributed by atoms with E-state index in [9.17, 15) is 4.79 Å². The normalized spacial score (nSPS) is 30.2. The zero-order chi connectivity index (χ0) is 15.5. The predicted molar refractivity (Wildman–Crippen MR) is 92.4 cm³/mol. The molecule has 5 heteroatoms. The van der Waals surface area contributed by atoms with Gasteiger partial charge in [0.25, 0.3) is 0 Å². The van der Waals surface area contributed by atoms with Crippen LogP contribution in [0.25, 0.3) is 0 Å². The number of para-hydroxylation sites is 1. The lowest BCUT2D eigenvalue weighted by Crippen LogP contribution is -2.40. The van der Waals surface area contributed by atoms with Crippen molar-refractivity contribution in [3.8, 4) is 0 Å². The van der Waals surface area contributed by atoms with E-state index >= 15 is 0 Å². The molecule has 1 N–H and O–H groups in total. The molecule has 1 aliphatic carbocycles. The quantitative estimate of drug-likeness (QED) is 0.843. The average molecular weight is 336 g/mol. The predicted octanol–water partition coefficient (Wildman–Crippen LogP) is 4.81. The molecule has 1 saturated heterocycles. The lowest BCUT2D eigenvalue weighted by Gasteiger charge is -2.38. The van der Waals surface area contributed by atoms with Gasteiger partial charge in [0.05, 0.1) is 0 Å². The number of carbonyl (C=O) groups excluding carboxylic acids is 1. The van der Waals surface area contributed by atoms with E-state index in [0.717, 1.165) is 12.1 Å². The van der Waals surface area contributed by atoms with Crippen molar-refractivity contribution < 1.29 is 9.53 Å². The Balaban J connectivity index is 1.67. The molecule has 1 aromatic rings. The van der Waals surface area contributed by atoms with Crippen molar-refractivity contribution in [2.45, 2.75) is 29.9 Å². The summed E-state index contributed by atoms with van der Waals surface area (Å²) in [5.74, 6) is 0.139. The van der Waals surface area contributed by atoms with Crippen molar-refractivity contribution in [2.75, 3.05) is 5.32 Å². The smallest absolute Gasteiger partial charge is 0.411 e. The second kappa shape index (κ2) is 6.80. The SMILES string of the molecule is C[C@@H]1C[C@H](OC(=O)Nc2ccccc2)[C@H]2C=C(Cl)C=C[C@H]2S1. The van der Waals surface area contributed by atoms with Crippen LogP contribution < -0.4 is 5.32 Å². The monoisotopic (exact) mass is 335 g/mol. The molecule has 1 aromatic carbocycles. The van der Waals surface area contributed by atoms with E-state index in [1.165, 1.54) is 0 Å². The Labute approximate surface area is 139 Å². The number of anilines is 1. The Kier molecular flexibility index (Phi) is 4.79. The molecule has 1 heterocycles. The highest BCUT2D eigenvalue weighted by Gasteiger charge is 2.38. The van der Waals surface area contributed by atoms with Gasteiger partial charge in [-0.2, -0.15) is 11.8 Å². The van der Waals surface area contributed by atoms with Crippen LogP contribution in [0.2, 0.25) is 0 Å². The largest absolute Gasteiger partial charge is 0.445 e. The fourth-order valence-electron chi connectivity index (χ4n) is 2.85. The zero-order valence-corrected chi connectivity index (χ0v) is 13.8. The molecule has 116 valence electrons. The number of halogens is 1. The molecule has 3 nitrogen and oxygen atoms in total. The van der Waals surface area contributed by atoms with Crippen LogP contribution in [0.5, 0.6) is 0 Å². The lowest BCUT2D eigenvalue weighted by molar-refractivity contribution is 0.0782. The van der Waals surface area contributed by atoms with E-state index in [0.29, 0.717) is 15.5 Å². The van der Waals surface area contributed by atoms with Gasteiger partial charge in [0, 0.05) is 27.1 Å². The van der Waals surface area contributed by atoms with Gasteiger partial charge in [0.2, 0.25) is 0 Å². The van der Waals surface area contributed by atoms with E-state index in [4.69, 9.17) is 16.3 Å². The van der Waals surface area contributed by atoms with Crippen molar-refractivity contribution in [2.24, 2.45) is 5.92 Å². The van der Waals surface area contributed by atoms with Gasteiger partial charge in [-0.3, -0.25) is 5.32 Å². The van der Waals surface area contributed by atoms with Crippen LogP contribution in [0.3, 0.4) is 0 Å². The summed E-state index contributed by atoms with van der Waals surface area (Å²) in [7, 11) is 0. The number of hydrogen-bond donors (Lipinski definition) is 1. The summed E-state index contributed by atoms with van der Waals surface area (Å²) in [6.45, 7) is 2.17. The minimum atomic E-state index is -0.409. The third kappa shape index (κ3) is 3.68. The van der Waals surface area contributed by atoms with Crippen molar-refractivity contribution in [1.82, 2.24) is 0 Å². The molecule has 0 radical (unpaired) electrons. The Hall–Kier alpha value is -1.39. The van der Waals surface area contributed by atoms with Gasteiger partial charge in [-0.1, -0.05) is 48.9 Å². The number of hydrogen-bond acceptors (Lipinski definition) is 3. The van der Waals surface area contributed by atoms with Crippen molar-refractivity contribution in [3.63, 3.8) is 0 Å². The number of nitrogens with one attached hydrogen (secondary N) is 1. The number of rotatable bonds is 2. The number of amides is 1. The van der Waals surface area contributed by atoms with Crippen LogP contribution in [0.1, 0.15) is 13.3 Å². The summed E-state index contributed by atoms with van der Waals surface area (Å²) < 4.78 is 5.68. The number of carbonyl (C=O) groups is 1. The second-order valence-electron chi connectivity index (χ2n) is 5.57. The molecule has 0 bridgehead atoms. The summed E-state index contributed by atoms with van der Waals surface area (Å²) in [5, 5.41) is 4.26. The average Bonchev–Trinajstić information content (AvgIpc) is 2.49. The number of benzene rings is 1. The van der Waals surface area contributed by atoms with Gasteiger partial charge in [-0.25, -0.2) is 4.79 Å². The third-order valence-corrected chi connectivity index (χ3v) is 5.53. The fraction of sp³-hybridized carbons (Fsp3) is 0.353. The number of thioether (sulfide) groups is 1. The van der Waals surface area contributed by atoms with Crippen molar-refractivity contribution >= 4 is 35.1 Å². The molecule has 1 amide bonds. The van der Waals surface area contributed by atoms with E-state index in [1.54, 1.807) is 0 Å². The van der Waals surface area contributed by atoms with Crippen LogP contribution in [-0.4, -0.2) is 22.7 Å². The van der Waals surface area contributed by atoms with Gasteiger partial charge >= 0.3 is 6.09 Å². The molecule has 0 saturated carbocycles. The molecular formula is C17H18ClNO2S. The molecule has 0 aromatic heterocycles. The molecule has 0 unspecified atom stereocenters. The summed E-state index contributed by atoms with van der Waals surface area (Å²) in [4.78, 5) is 12.1. The molecule has 1 aliphatic heterocycles. The summed E-state index contributed by atoms with van der Waals surface area (Å²) in [6, 6.07) is 9.33. The standard InChI is InChI=1S/C17H18ClNO2S/c1-11-9-15(14-10-12(18)7-8-16(14)22-11)21-17(20)19-13-5-3-2-4-6-13/h2-8,10-11,14-16H,9H2,1H3,(H,19,20)/t11-,14-,15+,16-/m1/s1. The topological polar surface area (TPSA) is 38.3 Å². The molecule has 3 rings (SSSR count). The third-order valence-electron chi connectivity index (χ3n) is 3.84. The van der Waals surface area contributed by atoms with Crippen LogP contribution in [0, 0.1) is 5.92 Å². The first-order valence-corrected chi connectivity index (χ1v) is 8.67.